The Balaban J connectivity index is 1.73. The number of aromatic nitrogens is 2. The normalized spacial score (nSPS) is 11.3. The third-order valence-corrected chi connectivity index (χ3v) is 3.51. The topological polar surface area (TPSA) is 64.1 Å². The zero-order chi connectivity index (χ0) is 17.9. The number of pyridine rings is 2. The molecule has 1 N–H and O–H groups in total. The van der Waals surface area contributed by atoms with Crippen LogP contribution in [0.5, 0.6) is 0 Å². The highest BCUT2D eigenvalue weighted by atomic mass is 16.6. The van der Waals surface area contributed by atoms with E-state index in [1.165, 1.54) is 0 Å². The fourth-order valence-corrected chi connectivity index (χ4v) is 2.52. The van der Waals surface area contributed by atoms with Gasteiger partial charge in [-0.3, -0.25) is 15.3 Å². The molecule has 0 aliphatic carbocycles. The van der Waals surface area contributed by atoms with Crippen molar-refractivity contribution in [1.29, 1.82) is 0 Å². The molecule has 2 aromatic heterocycles. The summed E-state index contributed by atoms with van der Waals surface area (Å²) in [5.74, 6) is 0. The van der Waals surface area contributed by atoms with E-state index in [4.69, 9.17) is 4.74 Å². The van der Waals surface area contributed by atoms with E-state index in [9.17, 15) is 4.79 Å². The highest BCUT2D eigenvalue weighted by Crippen LogP contribution is 2.18. The maximum Gasteiger partial charge on any atom is 0.412 e. The highest BCUT2D eigenvalue weighted by Gasteiger charge is 2.16. The van der Waals surface area contributed by atoms with Crippen LogP contribution in [0.3, 0.4) is 0 Å². The van der Waals surface area contributed by atoms with Crippen molar-refractivity contribution in [2.24, 2.45) is 0 Å². The van der Waals surface area contributed by atoms with Crippen molar-refractivity contribution in [3.63, 3.8) is 0 Å². The molecule has 1 amide bonds. The van der Waals surface area contributed by atoms with E-state index in [-0.39, 0.29) is 0 Å². The van der Waals surface area contributed by atoms with Crippen LogP contribution in [0.1, 0.15) is 32.0 Å². The lowest BCUT2D eigenvalue weighted by molar-refractivity contribution is 0.0636. The van der Waals surface area contributed by atoms with E-state index < -0.39 is 11.7 Å². The SMILES string of the molecule is CC(C)(C)OC(=O)Nc1ccnc(Cc2ccc3ncccc3c2)c1. The molecule has 0 saturated carbocycles. The monoisotopic (exact) mass is 335 g/mol. The second-order valence-corrected chi connectivity index (χ2v) is 6.87. The summed E-state index contributed by atoms with van der Waals surface area (Å²) in [5.41, 5.74) is 3.12. The fourth-order valence-electron chi connectivity index (χ4n) is 2.52. The highest BCUT2D eigenvalue weighted by molar-refractivity contribution is 5.84. The predicted octanol–water partition coefficient (Wildman–Crippen LogP) is 4.57. The Bertz CT molecular complexity index is 901. The molecule has 128 valence electrons. The third-order valence-electron chi connectivity index (χ3n) is 3.51. The lowest BCUT2D eigenvalue weighted by Crippen LogP contribution is -2.27. The van der Waals surface area contributed by atoms with Crippen LogP contribution in [-0.4, -0.2) is 21.7 Å². The summed E-state index contributed by atoms with van der Waals surface area (Å²) in [4.78, 5) is 20.6. The van der Waals surface area contributed by atoms with E-state index in [2.05, 4.69) is 21.4 Å². The Kier molecular flexibility index (Phi) is 4.65. The summed E-state index contributed by atoms with van der Waals surface area (Å²) in [6.45, 7) is 5.50. The Morgan fingerprint density at radius 1 is 1.08 bits per heavy atom. The molecule has 0 atom stereocenters. The van der Waals surface area contributed by atoms with Crippen LogP contribution >= 0.6 is 0 Å². The average molecular weight is 335 g/mol. The van der Waals surface area contributed by atoms with E-state index >= 15 is 0 Å². The molecule has 1 aromatic carbocycles. The first-order chi connectivity index (χ1) is 11.9. The number of amides is 1. The second-order valence-electron chi connectivity index (χ2n) is 6.87. The molecule has 0 aliphatic heterocycles. The number of ether oxygens (including phenoxy) is 1. The molecule has 0 aliphatic rings. The number of fused-ring (bicyclic) bond motifs is 1. The summed E-state index contributed by atoms with van der Waals surface area (Å²) in [6.07, 6.45) is 3.68. The molecule has 0 bridgehead atoms. The van der Waals surface area contributed by atoms with E-state index in [0.29, 0.717) is 12.1 Å². The molecule has 5 nitrogen and oxygen atoms in total. The van der Waals surface area contributed by atoms with Gasteiger partial charge in [-0.1, -0.05) is 12.1 Å². The first kappa shape index (κ1) is 16.9. The van der Waals surface area contributed by atoms with Crippen molar-refractivity contribution in [2.45, 2.75) is 32.8 Å². The predicted molar refractivity (Wildman–Crippen MR) is 98.6 cm³/mol. The summed E-state index contributed by atoms with van der Waals surface area (Å²) in [7, 11) is 0. The smallest absolute Gasteiger partial charge is 0.412 e. The quantitative estimate of drug-likeness (QED) is 0.761. The van der Waals surface area contributed by atoms with Crippen LogP contribution in [0.25, 0.3) is 10.9 Å². The minimum Gasteiger partial charge on any atom is -0.444 e. The molecule has 5 heteroatoms. The van der Waals surface area contributed by atoms with Crippen molar-refractivity contribution < 1.29 is 9.53 Å². The van der Waals surface area contributed by atoms with E-state index in [1.54, 1.807) is 18.5 Å². The zero-order valence-electron chi connectivity index (χ0n) is 14.6. The maximum atomic E-state index is 11.9. The lowest BCUT2D eigenvalue weighted by atomic mass is 10.1. The van der Waals surface area contributed by atoms with Crippen LogP contribution in [0, 0.1) is 0 Å². The number of hydrogen-bond donors (Lipinski definition) is 1. The van der Waals surface area contributed by atoms with Gasteiger partial charge >= 0.3 is 6.09 Å². The zero-order valence-corrected chi connectivity index (χ0v) is 14.6. The van der Waals surface area contributed by atoms with Crippen LogP contribution < -0.4 is 5.32 Å². The lowest BCUT2D eigenvalue weighted by Gasteiger charge is -2.19. The number of carbonyl (C=O) groups is 1. The van der Waals surface area contributed by atoms with Gasteiger partial charge in [-0.15, -0.1) is 0 Å². The second kappa shape index (κ2) is 6.89. The van der Waals surface area contributed by atoms with Gasteiger partial charge in [-0.05, 0) is 56.7 Å². The maximum absolute atomic E-state index is 11.9. The molecule has 0 saturated heterocycles. The van der Waals surface area contributed by atoms with Gasteiger partial charge in [0.25, 0.3) is 0 Å². The summed E-state index contributed by atoms with van der Waals surface area (Å²) >= 11 is 0. The van der Waals surface area contributed by atoms with Gasteiger partial charge in [0.05, 0.1) is 5.52 Å². The molecular formula is C20H21N3O2. The van der Waals surface area contributed by atoms with E-state index in [0.717, 1.165) is 22.2 Å². The molecule has 2 heterocycles. The van der Waals surface area contributed by atoms with Crippen molar-refractivity contribution in [2.75, 3.05) is 5.32 Å². The van der Waals surface area contributed by atoms with Crippen LogP contribution in [-0.2, 0) is 11.2 Å². The Morgan fingerprint density at radius 3 is 2.72 bits per heavy atom. The summed E-state index contributed by atoms with van der Waals surface area (Å²) in [5, 5.41) is 3.84. The molecule has 25 heavy (non-hydrogen) atoms. The van der Waals surface area contributed by atoms with Gasteiger partial charge in [0.1, 0.15) is 5.60 Å². The first-order valence-corrected chi connectivity index (χ1v) is 8.18. The van der Waals surface area contributed by atoms with Crippen molar-refractivity contribution in [3.05, 3.63) is 66.1 Å². The van der Waals surface area contributed by atoms with Crippen molar-refractivity contribution in [1.82, 2.24) is 9.97 Å². The van der Waals surface area contributed by atoms with Crippen LogP contribution in [0.15, 0.2) is 54.9 Å². The minimum atomic E-state index is -0.529. The van der Waals surface area contributed by atoms with Crippen molar-refractivity contribution in [3.8, 4) is 0 Å². The largest absolute Gasteiger partial charge is 0.444 e. The first-order valence-electron chi connectivity index (χ1n) is 8.18. The molecule has 0 fully saturated rings. The summed E-state index contributed by atoms with van der Waals surface area (Å²) in [6, 6.07) is 13.7. The van der Waals surface area contributed by atoms with Gasteiger partial charge in [0, 0.05) is 35.6 Å². The Hall–Kier alpha value is -2.95. The van der Waals surface area contributed by atoms with Crippen molar-refractivity contribution >= 4 is 22.7 Å². The minimum absolute atomic E-state index is 0.471. The number of hydrogen-bond acceptors (Lipinski definition) is 4. The van der Waals surface area contributed by atoms with E-state index in [1.807, 2.05) is 51.1 Å². The molecule has 0 spiro atoms. The average Bonchev–Trinajstić information content (AvgIpc) is 2.53. The molecule has 3 rings (SSSR count). The Morgan fingerprint density at radius 2 is 1.92 bits per heavy atom. The molecule has 0 unspecified atom stereocenters. The number of benzene rings is 1. The van der Waals surface area contributed by atoms with Gasteiger partial charge in [-0.25, -0.2) is 4.79 Å². The molecule has 0 radical (unpaired) electrons. The fraction of sp³-hybridized carbons (Fsp3) is 0.250. The van der Waals surface area contributed by atoms with Gasteiger partial charge in [0.15, 0.2) is 0 Å². The number of carbonyl (C=O) groups excluding carboxylic acids is 1. The standard InChI is InChI=1S/C20H21N3O2/c1-20(2,3)25-19(24)23-16-8-10-21-17(13-16)12-14-6-7-18-15(11-14)5-4-9-22-18/h4-11,13H,12H2,1-3H3,(H,21,23,24). The Labute approximate surface area is 147 Å². The van der Waals surface area contributed by atoms with Gasteiger partial charge < -0.3 is 4.74 Å². The number of anilines is 1. The van der Waals surface area contributed by atoms with Gasteiger partial charge in [-0.2, -0.15) is 0 Å². The van der Waals surface area contributed by atoms with Gasteiger partial charge in [0.2, 0.25) is 0 Å². The molecule has 3 aromatic rings. The van der Waals surface area contributed by atoms with Crippen LogP contribution in [0.2, 0.25) is 0 Å². The summed E-state index contributed by atoms with van der Waals surface area (Å²) < 4.78 is 5.27. The number of nitrogens with zero attached hydrogens (tertiary/aromatic N) is 2. The molecular weight excluding hydrogens is 314 g/mol. The number of nitrogens with one attached hydrogen (secondary N) is 1. The van der Waals surface area contributed by atoms with Crippen LogP contribution in [0.4, 0.5) is 10.5 Å². The third kappa shape index (κ3) is 4.76. The number of rotatable bonds is 3.